The monoisotopic (exact) mass is 291 g/mol. The molecule has 0 bridgehead atoms. The van der Waals surface area contributed by atoms with Gasteiger partial charge in [0.05, 0.1) is 0 Å². The van der Waals surface area contributed by atoms with Gasteiger partial charge in [-0.1, -0.05) is 13.8 Å². The molecule has 4 N–H and O–H groups in total. The van der Waals surface area contributed by atoms with Crippen molar-refractivity contribution in [2.24, 2.45) is 11.8 Å². The zero-order valence-electron chi connectivity index (χ0n) is 11.8. The summed E-state index contributed by atoms with van der Waals surface area (Å²) >= 11 is 0. The number of hydrogen-bond donors (Lipinski definition) is 3. The van der Waals surface area contributed by atoms with Crippen molar-refractivity contribution in [3.05, 3.63) is 11.8 Å². The Labute approximate surface area is 116 Å². The van der Waals surface area contributed by atoms with Crippen LogP contribution in [0.5, 0.6) is 0 Å². The number of anilines is 2. The third-order valence-corrected chi connectivity index (χ3v) is 2.72. The zero-order valence-corrected chi connectivity index (χ0v) is 11.8. The number of halogens is 3. The second kappa shape index (κ2) is 6.74. The van der Waals surface area contributed by atoms with E-state index in [2.05, 4.69) is 29.1 Å². The fourth-order valence-corrected chi connectivity index (χ4v) is 1.64. The van der Waals surface area contributed by atoms with Crippen molar-refractivity contribution in [1.29, 1.82) is 0 Å². The second-order valence-corrected chi connectivity index (χ2v) is 5.12. The van der Waals surface area contributed by atoms with Crippen molar-refractivity contribution in [2.75, 3.05) is 10.7 Å². The van der Waals surface area contributed by atoms with E-state index < -0.39 is 11.9 Å². The summed E-state index contributed by atoms with van der Waals surface area (Å²) in [5, 5.41) is 2.94. The molecule has 1 aromatic rings. The van der Waals surface area contributed by atoms with E-state index in [0.717, 1.165) is 18.9 Å². The average Bonchev–Trinajstić information content (AvgIpc) is 2.34. The van der Waals surface area contributed by atoms with E-state index in [1.165, 1.54) is 0 Å². The molecular formula is C12H20F3N5. The molecule has 1 unspecified atom stereocenters. The maximum atomic E-state index is 12.7. The summed E-state index contributed by atoms with van der Waals surface area (Å²) in [6.07, 6.45) is -2.71. The smallest absolute Gasteiger partial charge is 0.367 e. The Bertz CT molecular complexity index is 434. The number of nitrogens with one attached hydrogen (secondary N) is 2. The standard InChI is InChI=1S/C12H20F3N5/c1-7(2)4-5-8(3)17-10-6-9(12(13,14)15)18-11(19-10)20-16/h6-8H,4-5,16H2,1-3H3,(H2,17,18,19,20). The van der Waals surface area contributed by atoms with E-state index in [1.807, 2.05) is 12.3 Å². The highest BCUT2D eigenvalue weighted by molar-refractivity contribution is 5.43. The number of rotatable bonds is 6. The molecule has 0 amide bonds. The summed E-state index contributed by atoms with van der Waals surface area (Å²) in [6, 6.07) is 0.895. The van der Waals surface area contributed by atoms with Crippen molar-refractivity contribution in [3.63, 3.8) is 0 Å². The minimum absolute atomic E-state index is 0.0130. The van der Waals surface area contributed by atoms with Gasteiger partial charge in [0, 0.05) is 12.1 Å². The van der Waals surface area contributed by atoms with Gasteiger partial charge in [-0.15, -0.1) is 0 Å². The maximum Gasteiger partial charge on any atom is 0.433 e. The molecular weight excluding hydrogens is 271 g/mol. The molecule has 0 radical (unpaired) electrons. The molecule has 0 aliphatic rings. The second-order valence-electron chi connectivity index (χ2n) is 5.12. The number of nitrogen functional groups attached to an aromatic ring is 1. The topological polar surface area (TPSA) is 75.9 Å². The lowest BCUT2D eigenvalue weighted by Gasteiger charge is -2.17. The number of aromatic nitrogens is 2. The zero-order chi connectivity index (χ0) is 15.3. The molecule has 0 fully saturated rings. The molecule has 114 valence electrons. The van der Waals surface area contributed by atoms with Gasteiger partial charge in [0.1, 0.15) is 5.82 Å². The van der Waals surface area contributed by atoms with E-state index in [4.69, 9.17) is 5.84 Å². The van der Waals surface area contributed by atoms with Crippen LogP contribution in [-0.2, 0) is 6.18 Å². The molecule has 0 spiro atoms. The molecule has 5 nitrogen and oxygen atoms in total. The number of hydrogen-bond acceptors (Lipinski definition) is 5. The molecule has 1 rings (SSSR count). The Balaban J connectivity index is 2.84. The van der Waals surface area contributed by atoms with Crippen molar-refractivity contribution in [3.8, 4) is 0 Å². The van der Waals surface area contributed by atoms with Gasteiger partial charge < -0.3 is 5.32 Å². The molecule has 0 aliphatic heterocycles. The normalized spacial score (nSPS) is 13.4. The lowest BCUT2D eigenvalue weighted by molar-refractivity contribution is -0.141. The van der Waals surface area contributed by atoms with Crippen LogP contribution in [0.4, 0.5) is 24.9 Å². The summed E-state index contributed by atoms with van der Waals surface area (Å²) in [6.45, 7) is 6.08. The molecule has 0 aromatic carbocycles. The first kappa shape index (κ1) is 16.5. The van der Waals surface area contributed by atoms with Gasteiger partial charge >= 0.3 is 6.18 Å². The van der Waals surface area contributed by atoms with Gasteiger partial charge in [-0.25, -0.2) is 10.8 Å². The van der Waals surface area contributed by atoms with Gasteiger partial charge in [-0.3, -0.25) is 5.43 Å². The quantitative estimate of drug-likeness (QED) is 0.555. The first-order chi connectivity index (χ1) is 9.22. The van der Waals surface area contributed by atoms with Crippen LogP contribution >= 0.6 is 0 Å². The third-order valence-electron chi connectivity index (χ3n) is 2.72. The van der Waals surface area contributed by atoms with Gasteiger partial charge in [0.2, 0.25) is 5.95 Å². The molecule has 0 saturated carbocycles. The Kier molecular flexibility index (Phi) is 5.55. The minimum Gasteiger partial charge on any atom is -0.367 e. The van der Waals surface area contributed by atoms with Crippen LogP contribution in [0.1, 0.15) is 39.3 Å². The van der Waals surface area contributed by atoms with E-state index in [-0.39, 0.29) is 17.8 Å². The molecule has 0 saturated heterocycles. The summed E-state index contributed by atoms with van der Waals surface area (Å²) in [5.41, 5.74) is 1.01. The fourth-order valence-electron chi connectivity index (χ4n) is 1.64. The average molecular weight is 291 g/mol. The van der Waals surface area contributed by atoms with Crippen LogP contribution in [-0.4, -0.2) is 16.0 Å². The number of nitrogens with zero attached hydrogens (tertiary/aromatic N) is 2. The predicted octanol–water partition coefficient (Wildman–Crippen LogP) is 3.02. The van der Waals surface area contributed by atoms with Crippen LogP contribution in [0.3, 0.4) is 0 Å². The van der Waals surface area contributed by atoms with Crippen LogP contribution in [0.25, 0.3) is 0 Å². The summed E-state index contributed by atoms with van der Waals surface area (Å²) < 4.78 is 38.1. The van der Waals surface area contributed by atoms with Crippen molar-refractivity contribution in [2.45, 2.75) is 45.8 Å². The first-order valence-electron chi connectivity index (χ1n) is 6.41. The number of alkyl halides is 3. The Hall–Kier alpha value is -1.57. The van der Waals surface area contributed by atoms with Crippen molar-refractivity contribution < 1.29 is 13.2 Å². The minimum atomic E-state index is -4.54. The van der Waals surface area contributed by atoms with Gasteiger partial charge in [-0.2, -0.15) is 18.2 Å². The van der Waals surface area contributed by atoms with Crippen LogP contribution < -0.4 is 16.6 Å². The highest BCUT2D eigenvalue weighted by atomic mass is 19.4. The molecule has 1 aromatic heterocycles. The molecule has 0 aliphatic carbocycles. The molecule has 8 heteroatoms. The third kappa shape index (κ3) is 5.20. The van der Waals surface area contributed by atoms with E-state index in [9.17, 15) is 13.2 Å². The van der Waals surface area contributed by atoms with Crippen LogP contribution in [0, 0.1) is 5.92 Å². The van der Waals surface area contributed by atoms with E-state index in [0.29, 0.717) is 5.92 Å². The SMILES string of the molecule is CC(C)CCC(C)Nc1cc(C(F)(F)F)nc(NN)n1. The van der Waals surface area contributed by atoms with Crippen LogP contribution in [0.2, 0.25) is 0 Å². The fraction of sp³-hybridized carbons (Fsp3) is 0.667. The lowest BCUT2D eigenvalue weighted by Crippen LogP contribution is -2.20. The van der Waals surface area contributed by atoms with Crippen molar-refractivity contribution >= 4 is 11.8 Å². The number of hydrazine groups is 1. The lowest BCUT2D eigenvalue weighted by atomic mass is 10.0. The van der Waals surface area contributed by atoms with Crippen LogP contribution in [0.15, 0.2) is 6.07 Å². The molecule has 1 heterocycles. The van der Waals surface area contributed by atoms with E-state index in [1.54, 1.807) is 0 Å². The summed E-state index contributed by atoms with van der Waals surface area (Å²) in [4.78, 5) is 7.17. The first-order valence-corrected chi connectivity index (χ1v) is 6.41. The van der Waals surface area contributed by atoms with Gasteiger partial charge in [0.15, 0.2) is 5.69 Å². The maximum absolute atomic E-state index is 12.7. The predicted molar refractivity (Wildman–Crippen MR) is 72.0 cm³/mol. The largest absolute Gasteiger partial charge is 0.433 e. The van der Waals surface area contributed by atoms with Crippen molar-refractivity contribution in [1.82, 2.24) is 9.97 Å². The highest BCUT2D eigenvalue weighted by Gasteiger charge is 2.33. The van der Waals surface area contributed by atoms with Gasteiger partial charge in [0.25, 0.3) is 0 Å². The molecule has 1 atom stereocenters. The highest BCUT2D eigenvalue weighted by Crippen LogP contribution is 2.29. The number of nitrogens with two attached hydrogens (primary N) is 1. The van der Waals surface area contributed by atoms with Gasteiger partial charge in [-0.05, 0) is 25.7 Å². The summed E-state index contributed by atoms with van der Waals surface area (Å²) in [7, 11) is 0. The molecule has 20 heavy (non-hydrogen) atoms. The Morgan fingerprint density at radius 1 is 1.20 bits per heavy atom. The summed E-state index contributed by atoms with van der Waals surface area (Å²) in [5.74, 6) is 5.47. The Morgan fingerprint density at radius 2 is 1.85 bits per heavy atom. The Morgan fingerprint density at radius 3 is 2.35 bits per heavy atom. The van der Waals surface area contributed by atoms with E-state index >= 15 is 0 Å².